The maximum Gasteiger partial charge on any atom is 0.118 e. The van der Waals surface area contributed by atoms with Gasteiger partial charge in [-0.25, -0.2) is 0 Å². The second kappa shape index (κ2) is 3.51. The van der Waals surface area contributed by atoms with E-state index in [2.05, 4.69) is 12.1 Å². The average molecular weight is 206 g/mol. The van der Waals surface area contributed by atoms with Gasteiger partial charge < -0.3 is 14.2 Å². The normalized spacial score (nSPS) is 33.3. The predicted molar refractivity (Wildman–Crippen MR) is 55.0 cm³/mol. The smallest absolute Gasteiger partial charge is 0.118 e. The lowest BCUT2D eigenvalue weighted by atomic mass is 10.0. The summed E-state index contributed by atoms with van der Waals surface area (Å²) in [5.41, 5.74) is 1.21. The van der Waals surface area contributed by atoms with Gasteiger partial charge in [0.15, 0.2) is 0 Å². The van der Waals surface area contributed by atoms with E-state index in [1.54, 1.807) is 7.11 Å². The highest BCUT2D eigenvalue weighted by atomic mass is 16.6. The number of rotatable bonds is 2. The molecule has 1 aromatic carbocycles. The molecule has 2 aliphatic rings. The van der Waals surface area contributed by atoms with Crippen LogP contribution in [0.4, 0.5) is 0 Å². The molecule has 0 spiro atoms. The third-order valence-corrected chi connectivity index (χ3v) is 3.08. The van der Waals surface area contributed by atoms with Crippen LogP contribution in [0.1, 0.15) is 18.1 Å². The van der Waals surface area contributed by atoms with Crippen LogP contribution in [0.25, 0.3) is 0 Å². The van der Waals surface area contributed by atoms with Gasteiger partial charge in [-0.05, 0) is 17.7 Å². The highest BCUT2D eigenvalue weighted by Crippen LogP contribution is 2.39. The van der Waals surface area contributed by atoms with Gasteiger partial charge in [0.2, 0.25) is 0 Å². The highest BCUT2D eigenvalue weighted by molar-refractivity contribution is 5.29. The van der Waals surface area contributed by atoms with E-state index in [-0.39, 0.29) is 6.10 Å². The number of benzene rings is 1. The monoisotopic (exact) mass is 206 g/mol. The van der Waals surface area contributed by atoms with Gasteiger partial charge in [0.25, 0.3) is 0 Å². The molecule has 0 aliphatic carbocycles. The number of hydrogen-bond donors (Lipinski definition) is 0. The number of methoxy groups -OCH3 is 1. The third-order valence-electron chi connectivity index (χ3n) is 3.08. The summed E-state index contributed by atoms with van der Waals surface area (Å²) >= 11 is 0. The zero-order valence-corrected chi connectivity index (χ0v) is 8.68. The molecule has 80 valence electrons. The minimum absolute atomic E-state index is 0.194. The van der Waals surface area contributed by atoms with Crippen molar-refractivity contribution in [2.75, 3.05) is 13.7 Å². The van der Waals surface area contributed by atoms with Gasteiger partial charge in [-0.2, -0.15) is 0 Å². The van der Waals surface area contributed by atoms with E-state index >= 15 is 0 Å². The first-order valence-electron chi connectivity index (χ1n) is 5.28. The van der Waals surface area contributed by atoms with E-state index in [0.29, 0.717) is 12.2 Å². The summed E-state index contributed by atoms with van der Waals surface area (Å²) in [5, 5.41) is 0. The van der Waals surface area contributed by atoms with Crippen LogP contribution in [-0.2, 0) is 9.47 Å². The highest BCUT2D eigenvalue weighted by Gasteiger charge is 2.45. The Bertz CT molecular complexity index is 346. The molecule has 0 radical (unpaired) electrons. The van der Waals surface area contributed by atoms with Gasteiger partial charge in [0, 0.05) is 6.42 Å². The maximum absolute atomic E-state index is 5.73. The van der Waals surface area contributed by atoms with Crippen LogP contribution in [-0.4, -0.2) is 25.9 Å². The summed E-state index contributed by atoms with van der Waals surface area (Å²) in [6.45, 7) is 0.737. The molecule has 0 N–H and O–H groups in total. The number of fused-ring (bicyclic) bond motifs is 1. The molecule has 3 rings (SSSR count). The Labute approximate surface area is 89.0 Å². The van der Waals surface area contributed by atoms with Gasteiger partial charge in [0.05, 0.1) is 25.9 Å². The van der Waals surface area contributed by atoms with Crippen molar-refractivity contribution in [1.29, 1.82) is 0 Å². The Hall–Kier alpha value is -1.06. The molecule has 2 fully saturated rings. The molecule has 0 amide bonds. The lowest BCUT2D eigenvalue weighted by Crippen LogP contribution is -2.18. The topological polar surface area (TPSA) is 31.0 Å². The van der Waals surface area contributed by atoms with Crippen molar-refractivity contribution in [3.8, 4) is 5.75 Å². The van der Waals surface area contributed by atoms with Crippen molar-refractivity contribution in [2.24, 2.45) is 0 Å². The second-order valence-electron chi connectivity index (χ2n) is 4.04. The Morgan fingerprint density at radius 1 is 1.20 bits per heavy atom. The molecule has 15 heavy (non-hydrogen) atoms. The van der Waals surface area contributed by atoms with Gasteiger partial charge >= 0.3 is 0 Å². The molecular weight excluding hydrogens is 192 g/mol. The van der Waals surface area contributed by atoms with Crippen molar-refractivity contribution >= 4 is 0 Å². The summed E-state index contributed by atoms with van der Waals surface area (Å²) in [4.78, 5) is 0. The molecule has 2 aliphatic heterocycles. The van der Waals surface area contributed by atoms with Crippen molar-refractivity contribution in [1.82, 2.24) is 0 Å². The Balaban J connectivity index is 1.74. The molecule has 2 heterocycles. The Morgan fingerprint density at radius 3 is 2.67 bits per heavy atom. The fourth-order valence-electron chi connectivity index (χ4n) is 2.07. The quantitative estimate of drug-likeness (QED) is 0.693. The van der Waals surface area contributed by atoms with E-state index in [1.165, 1.54) is 5.56 Å². The maximum atomic E-state index is 5.73. The van der Waals surface area contributed by atoms with Gasteiger partial charge in [-0.15, -0.1) is 0 Å². The standard InChI is InChI=1S/C12H14O3/c1-13-9-4-2-8(3-5-9)10-6-11-12(15-11)7-14-10/h2-5,10-12H,6-7H2,1H3/t10-,11+,12+/m1/s1. The van der Waals surface area contributed by atoms with Gasteiger partial charge in [-0.1, -0.05) is 12.1 Å². The molecule has 0 saturated carbocycles. The molecule has 3 nitrogen and oxygen atoms in total. The largest absolute Gasteiger partial charge is 0.497 e. The zero-order valence-electron chi connectivity index (χ0n) is 8.68. The summed E-state index contributed by atoms with van der Waals surface area (Å²) in [6.07, 6.45) is 1.99. The molecule has 3 atom stereocenters. The van der Waals surface area contributed by atoms with Crippen molar-refractivity contribution in [2.45, 2.75) is 24.7 Å². The van der Waals surface area contributed by atoms with Crippen LogP contribution >= 0.6 is 0 Å². The van der Waals surface area contributed by atoms with E-state index in [0.717, 1.165) is 18.8 Å². The first-order chi connectivity index (χ1) is 7.36. The first-order valence-corrected chi connectivity index (χ1v) is 5.28. The summed E-state index contributed by atoms with van der Waals surface area (Å²) in [6, 6.07) is 8.06. The van der Waals surface area contributed by atoms with E-state index in [4.69, 9.17) is 14.2 Å². The van der Waals surface area contributed by atoms with Crippen molar-refractivity contribution in [3.05, 3.63) is 29.8 Å². The molecule has 0 unspecified atom stereocenters. The number of ether oxygens (including phenoxy) is 3. The minimum atomic E-state index is 0.194. The molecule has 0 bridgehead atoms. The lowest BCUT2D eigenvalue weighted by Gasteiger charge is -2.20. The van der Waals surface area contributed by atoms with Crippen LogP contribution < -0.4 is 4.74 Å². The fraction of sp³-hybridized carbons (Fsp3) is 0.500. The van der Waals surface area contributed by atoms with Crippen molar-refractivity contribution in [3.63, 3.8) is 0 Å². The van der Waals surface area contributed by atoms with Crippen LogP contribution in [0.5, 0.6) is 5.75 Å². The second-order valence-corrected chi connectivity index (χ2v) is 4.04. The van der Waals surface area contributed by atoms with Crippen LogP contribution in [0, 0.1) is 0 Å². The van der Waals surface area contributed by atoms with Crippen LogP contribution in [0.15, 0.2) is 24.3 Å². The predicted octanol–water partition coefficient (Wildman–Crippen LogP) is 1.92. The fourth-order valence-corrected chi connectivity index (χ4v) is 2.07. The number of epoxide rings is 1. The molecule has 1 aromatic rings. The minimum Gasteiger partial charge on any atom is -0.497 e. The molecule has 0 aromatic heterocycles. The molecular formula is C12H14O3. The zero-order chi connectivity index (χ0) is 10.3. The van der Waals surface area contributed by atoms with Gasteiger partial charge in [0.1, 0.15) is 11.9 Å². The van der Waals surface area contributed by atoms with E-state index in [9.17, 15) is 0 Å². The SMILES string of the molecule is COc1ccc([C@H]2C[C@@H]3O[C@H]3CO2)cc1. The Morgan fingerprint density at radius 2 is 2.00 bits per heavy atom. The van der Waals surface area contributed by atoms with Gasteiger partial charge in [-0.3, -0.25) is 0 Å². The van der Waals surface area contributed by atoms with Crippen molar-refractivity contribution < 1.29 is 14.2 Å². The molecule has 2 saturated heterocycles. The number of hydrogen-bond acceptors (Lipinski definition) is 3. The lowest BCUT2D eigenvalue weighted by molar-refractivity contribution is 0.0289. The average Bonchev–Trinajstić information content (AvgIpc) is 3.07. The van der Waals surface area contributed by atoms with E-state index in [1.807, 2.05) is 12.1 Å². The molecule has 3 heteroatoms. The summed E-state index contributed by atoms with van der Waals surface area (Å²) < 4.78 is 16.3. The Kier molecular flexibility index (Phi) is 2.15. The first kappa shape index (κ1) is 9.19. The third kappa shape index (κ3) is 1.73. The van der Waals surface area contributed by atoms with Crippen LogP contribution in [0.3, 0.4) is 0 Å². The van der Waals surface area contributed by atoms with E-state index < -0.39 is 0 Å². The summed E-state index contributed by atoms with van der Waals surface area (Å²) in [5.74, 6) is 0.884. The summed E-state index contributed by atoms with van der Waals surface area (Å²) in [7, 11) is 1.68. The van der Waals surface area contributed by atoms with Crippen LogP contribution in [0.2, 0.25) is 0 Å².